The van der Waals surface area contributed by atoms with Crippen LogP contribution in [0.2, 0.25) is 0 Å². The summed E-state index contributed by atoms with van der Waals surface area (Å²) in [5.41, 5.74) is 4.79. The van der Waals surface area contributed by atoms with Crippen molar-refractivity contribution in [3.63, 3.8) is 0 Å². The van der Waals surface area contributed by atoms with Crippen molar-refractivity contribution in [2.45, 2.75) is 26.5 Å². The highest BCUT2D eigenvalue weighted by Crippen LogP contribution is 2.37. The summed E-state index contributed by atoms with van der Waals surface area (Å²) in [7, 11) is 1.68. The fourth-order valence-corrected chi connectivity index (χ4v) is 3.53. The molecular formula is C24H26BrNO2. The summed E-state index contributed by atoms with van der Waals surface area (Å²) < 4.78 is 12.8. The Labute approximate surface area is 175 Å². The molecule has 28 heavy (non-hydrogen) atoms. The van der Waals surface area contributed by atoms with Crippen molar-refractivity contribution in [1.82, 2.24) is 5.32 Å². The van der Waals surface area contributed by atoms with Crippen LogP contribution in [0.25, 0.3) is 0 Å². The molecule has 0 heterocycles. The van der Waals surface area contributed by atoms with E-state index in [-0.39, 0.29) is 0 Å². The third kappa shape index (κ3) is 5.37. The first kappa shape index (κ1) is 20.4. The van der Waals surface area contributed by atoms with E-state index >= 15 is 0 Å². The topological polar surface area (TPSA) is 30.5 Å². The third-order valence-corrected chi connectivity index (χ3v) is 5.50. The Morgan fingerprint density at radius 3 is 2.43 bits per heavy atom. The molecule has 0 unspecified atom stereocenters. The summed E-state index contributed by atoms with van der Waals surface area (Å²) in [4.78, 5) is 0. The molecule has 0 aliphatic heterocycles. The maximum Gasteiger partial charge on any atom is 0.167 e. The maximum absolute atomic E-state index is 6.23. The van der Waals surface area contributed by atoms with E-state index in [4.69, 9.17) is 9.47 Å². The zero-order valence-electron chi connectivity index (χ0n) is 16.4. The molecule has 0 spiro atoms. The fraction of sp³-hybridized carbons (Fsp3) is 0.250. The molecule has 0 amide bonds. The van der Waals surface area contributed by atoms with E-state index in [1.165, 1.54) is 16.7 Å². The summed E-state index contributed by atoms with van der Waals surface area (Å²) in [5.74, 6) is 1.53. The summed E-state index contributed by atoms with van der Waals surface area (Å²) >= 11 is 3.67. The minimum Gasteiger partial charge on any atom is -0.493 e. The van der Waals surface area contributed by atoms with E-state index in [2.05, 4.69) is 64.6 Å². The second kappa shape index (κ2) is 10.3. The van der Waals surface area contributed by atoms with Crippen LogP contribution in [0.4, 0.5) is 0 Å². The van der Waals surface area contributed by atoms with Crippen molar-refractivity contribution in [2.24, 2.45) is 0 Å². The lowest BCUT2D eigenvalue weighted by Gasteiger charge is -2.18. The van der Waals surface area contributed by atoms with Gasteiger partial charge in [-0.3, -0.25) is 0 Å². The molecular weight excluding hydrogens is 414 g/mol. The van der Waals surface area contributed by atoms with Crippen molar-refractivity contribution in [1.29, 1.82) is 0 Å². The van der Waals surface area contributed by atoms with Crippen LogP contribution in [-0.2, 0) is 19.6 Å². The van der Waals surface area contributed by atoms with E-state index in [9.17, 15) is 0 Å². The highest BCUT2D eigenvalue weighted by atomic mass is 79.9. The van der Waals surface area contributed by atoms with Gasteiger partial charge in [-0.2, -0.15) is 0 Å². The summed E-state index contributed by atoms with van der Waals surface area (Å²) in [6, 6.07) is 22.7. The Hall–Kier alpha value is -2.30. The lowest BCUT2D eigenvalue weighted by Crippen LogP contribution is -2.18. The molecule has 0 aromatic heterocycles. The average Bonchev–Trinajstić information content (AvgIpc) is 2.72. The molecule has 146 valence electrons. The van der Waals surface area contributed by atoms with Gasteiger partial charge in [0.25, 0.3) is 0 Å². The number of ether oxygens (including phenoxy) is 2. The highest BCUT2D eigenvalue weighted by Gasteiger charge is 2.15. The monoisotopic (exact) mass is 439 g/mol. The van der Waals surface area contributed by atoms with Crippen LogP contribution in [0, 0.1) is 6.92 Å². The maximum atomic E-state index is 6.23. The first-order chi connectivity index (χ1) is 13.7. The number of nitrogens with one attached hydrogen (secondary N) is 1. The number of aryl methyl sites for hydroxylation is 1. The van der Waals surface area contributed by atoms with Crippen LogP contribution in [-0.4, -0.2) is 13.7 Å². The SMILES string of the molecule is COc1ccc(Br)c(CNCCc2ccccc2)c1OCc1ccccc1C. The van der Waals surface area contributed by atoms with E-state index in [1.807, 2.05) is 30.3 Å². The fourth-order valence-electron chi connectivity index (χ4n) is 3.08. The van der Waals surface area contributed by atoms with Crippen molar-refractivity contribution in [3.05, 3.63) is 93.5 Å². The van der Waals surface area contributed by atoms with Crippen molar-refractivity contribution >= 4 is 15.9 Å². The normalized spacial score (nSPS) is 10.7. The van der Waals surface area contributed by atoms with Gasteiger partial charge in [-0.05, 0) is 48.7 Å². The molecule has 3 aromatic carbocycles. The van der Waals surface area contributed by atoms with Gasteiger partial charge in [0.15, 0.2) is 11.5 Å². The molecule has 0 radical (unpaired) electrons. The Morgan fingerprint density at radius 1 is 0.929 bits per heavy atom. The smallest absolute Gasteiger partial charge is 0.167 e. The minimum atomic E-state index is 0.510. The third-order valence-electron chi connectivity index (χ3n) is 4.76. The van der Waals surface area contributed by atoms with Gasteiger partial charge in [-0.25, -0.2) is 0 Å². The summed E-state index contributed by atoms with van der Waals surface area (Å²) in [6.07, 6.45) is 0.988. The van der Waals surface area contributed by atoms with E-state index < -0.39 is 0 Å². The second-order valence-corrected chi connectivity index (χ2v) is 7.54. The van der Waals surface area contributed by atoms with E-state index in [1.54, 1.807) is 7.11 Å². The van der Waals surface area contributed by atoms with E-state index in [0.29, 0.717) is 13.2 Å². The van der Waals surface area contributed by atoms with Gasteiger partial charge >= 0.3 is 0 Å². The zero-order chi connectivity index (χ0) is 19.8. The number of hydrogen-bond acceptors (Lipinski definition) is 3. The molecule has 0 aliphatic rings. The molecule has 4 heteroatoms. The van der Waals surface area contributed by atoms with Crippen LogP contribution in [0.1, 0.15) is 22.3 Å². The van der Waals surface area contributed by atoms with Crippen LogP contribution >= 0.6 is 15.9 Å². The standard InChI is InChI=1S/C24H26BrNO2/c1-18-8-6-7-11-20(18)17-28-24-21(22(25)12-13-23(24)27-2)16-26-15-14-19-9-4-3-5-10-19/h3-13,26H,14-17H2,1-2H3. The minimum absolute atomic E-state index is 0.510. The van der Waals surface area contributed by atoms with Crippen molar-refractivity contribution in [2.75, 3.05) is 13.7 Å². The zero-order valence-corrected chi connectivity index (χ0v) is 18.0. The number of rotatable bonds is 9. The molecule has 0 bridgehead atoms. The van der Waals surface area contributed by atoms with E-state index in [0.717, 1.165) is 34.5 Å². The Bertz CT molecular complexity index is 896. The summed E-state index contributed by atoms with van der Waals surface area (Å²) in [5, 5.41) is 3.53. The van der Waals surface area contributed by atoms with Crippen LogP contribution < -0.4 is 14.8 Å². The van der Waals surface area contributed by atoms with Crippen LogP contribution in [0.15, 0.2) is 71.2 Å². The van der Waals surface area contributed by atoms with Crippen LogP contribution in [0.5, 0.6) is 11.5 Å². The number of methoxy groups -OCH3 is 1. The van der Waals surface area contributed by atoms with Gasteiger partial charge in [0.2, 0.25) is 0 Å². The van der Waals surface area contributed by atoms with Crippen molar-refractivity contribution < 1.29 is 9.47 Å². The molecule has 1 N–H and O–H groups in total. The van der Waals surface area contributed by atoms with Gasteiger partial charge in [0.1, 0.15) is 6.61 Å². The van der Waals surface area contributed by atoms with Gasteiger partial charge < -0.3 is 14.8 Å². The van der Waals surface area contributed by atoms with Gasteiger partial charge in [-0.1, -0.05) is 70.5 Å². The molecule has 0 saturated carbocycles. The van der Waals surface area contributed by atoms with Crippen molar-refractivity contribution in [3.8, 4) is 11.5 Å². The Kier molecular flexibility index (Phi) is 7.52. The highest BCUT2D eigenvalue weighted by molar-refractivity contribution is 9.10. The lowest BCUT2D eigenvalue weighted by molar-refractivity contribution is 0.280. The number of halogens is 1. The largest absolute Gasteiger partial charge is 0.493 e. The summed E-state index contributed by atoms with van der Waals surface area (Å²) in [6.45, 7) is 4.21. The van der Waals surface area contributed by atoms with Gasteiger partial charge in [-0.15, -0.1) is 0 Å². The van der Waals surface area contributed by atoms with Gasteiger partial charge in [0, 0.05) is 16.6 Å². The predicted octanol–water partition coefficient (Wildman–Crippen LogP) is 5.68. The first-order valence-electron chi connectivity index (χ1n) is 9.46. The predicted molar refractivity (Wildman–Crippen MR) is 118 cm³/mol. The first-order valence-corrected chi connectivity index (χ1v) is 10.3. The lowest BCUT2D eigenvalue weighted by atomic mass is 10.1. The molecule has 0 saturated heterocycles. The van der Waals surface area contributed by atoms with Gasteiger partial charge in [0.05, 0.1) is 7.11 Å². The number of benzene rings is 3. The molecule has 3 rings (SSSR count). The molecule has 0 atom stereocenters. The second-order valence-electron chi connectivity index (χ2n) is 6.68. The Balaban J connectivity index is 1.69. The molecule has 0 fully saturated rings. The quantitative estimate of drug-likeness (QED) is 0.435. The molecule has 0 aliphatic carbocycles. The Morgan fingerprint density at radius 2 is 1.68 bits per heavy atom. The number of hydrogen-bond donors (Lipinski definition) is 1. The average molecular weight is 440 g/mol. The molecule has 3 nitrogen and oxygen atoms in total. The molecule has 3 aromatic rings. The van der Waals surface area contributed by atoms with Crippen LogP contribution in [0.3, 0.4) is 0 Å².